The summed E-state index contributed by atoms with van der Waals surface area (Å²) in [5.74, 6) is 0.756. The number of halogens is 1. The van der Waals surface area contributed by atoms with Crippen LogP contribution < -0.4 is 0 Å². The quantitative estimate of drug-likeness (QED) is 0.504. The van der Waals surface area contributed by atoms with E-state index in [-0.39, 0.29) is 18.6 Å². The van der Waals surface area contributed by atoms with E-state index < -0.39 is 0 Å². The molecule has 0 aliphatic heterocycles. The lowest BCUT2D eigenvalue weighted by Crippen LogP contribution is -2.41. The van der Waals surface area contributed by atoms with Crippen molar-refractivity contribution in [3.8, 4) is 0 Å². The van der Waals surface area contributed by atoms with E-state index in [0.717, 1.165) is 25.7 Å². The predicted molar refractivity (Wildman–Crippen MR) is 67.7 cm³/mol. The lowest BCUT2D eigenvalue weighted by atomic mass is 10.1. The van der Waals surface area contributed by atoms with Gasteiger partial charge in [0.2, 0.25) is 5.91 Å². The van der Waals surface area contributed by atoms with Crippen molar-refractivity contribution in [1.82, 2.24) is 4.90 Å². The van der Waals surface area contributed by atoms with Crippen LogP contribution in [-0.2, 0) is 4.79 Å². The van der Waals surface area contributed by atoms with Crippen LogP contribution in [0.2, 0.25) is 0 Å². The largest absolute Gasteiger partial charge is 0.395 e. The number of rotatable bonds is 9. The summed E-state index contributed by atoms with van der Waals surface area (Å²) in [5, 5.41) is 8.98. The molecule has 1 amide bonds. The van der Waals surface area contributed by atoms with Gasteiger partial charge in [0.15, 0.2) is 0 Å². The van der Waals surface area contributed by atoms with Crippen LogP contribution in [0.5, 0.6) is 0 Å². The molecule has 16 heavy (non-hydrogen) atoms. The number of nitrogens with zero attached hydrogens (tertiary/aromatic N) is 1. The van der Waals surface area contributed by atoms with Gasteiger partial charge in [0.1, 0.15) is 0 Å². The van der Waals surface area contributed by atoms with E-state index in [1.165, 1.54) is 0 Å². The highest BCUT2D eigenvalue weighted by Crippen LogP contribution is 2.11. The number of amides is 1. The highest BCUT2D eigenvalue weighted by Gasteiger charge is 2.19. The molecule has 0 atom stereocenters. The molecule has 0 radical (unpaired) electrons. The number of hydrogen-bond donors (Lipinski definition) is 1. The second-order valence-corrected chi connectivity index (χ2v) is 4.31. The summed E-state index contributed by atoms with van der Waals surface area (Å²) in [6.07, 6.45) is 4.15. The Balaban J connectivity index is 4.21. The average Bonchev–Trinajstić information content (AvgIpc) is 2.29. The van der Waals surface area contributed by atoms with Crippen molar-refractivity contribution in [1.29, 1.82) is 0 Å². The van der Waals surface area contributed by atoms with E-state index in [2.05, 4.69) is 13.8 Å². The lowest BCUT2D eigenvalue weighted by molar-refractivity contribution is -0.134. The van der Waals surface area contributed by atoms with Gasteiger partial charge in [0.05, 0.1) is 6.61 Å². The Labute approximate surface area is 104 Å². The maximum absolute atomic E-state index is 11.9. The number of aliphatic hydroxyl groups is 1. The molecule has 4 heteroatoms. The number of carbonyl (C=O) groups excluding carboxylic acids is 1. The minimum absolute atomic E-state index is 0.0394. The molecule has 0 spiro atoms. The van der Waals surface area contributed by atoms with Gasteiger partial charge in [-0.3, -0.25) is 4.79 Å². The Morgan fingerprint density at radius 2 is 1.94 bits per heavy atom. The second-order valence-electron chi connectivity index (χ2n) is 3.93. The normalized spacial score (nSPS) is 10.8. The van der Waals surface area contributed by atoms with Gasteiger partial charge in [-0.25, -0.2) is 0 Å². The molecule has 0 aromatic heterocycles. The van der Waals surface area contributed by atoms with Crippen LogP contribution in [0, 0.1) is 0 Å². The second kappa shape index (κ2) is 9.91. The van der Waals surface area contributed by atoms with E-state index in [9.17, 15) is 4.79 Å². The molecular formula is C12H24ClNO2. The Morgan fingerprint density at radius 1 is 1.31 bits per heavy atom. The van der Waals surface area contributed by atoms with Gasteiger partial charge in [-0.1, -0.05) is 13.8 Å². The topological polar surface area (TPSA) is 40.5 Å². The first kappa shape index (κ1) is 15.7. The van der Waals surface area contributed by atoms with Gasteiger partial charge < -0.3 is 10.0 Å². The summed E-state index contributed by atoms with van der Waals surface area (Å²) in [5.41, 5.74) is 0. The zero-order chi connectivity index (χ0) is 12.4. The Morgan fingerprint density at radius 3 is 2.38 bits per heavy atom. The number of alkyl halides is 1. The molecule has 3 nitrogen and oxygen atoms in total. The van der Waals surface area contributed by atoms with E-state index in [4.69, 9.17) is 16.7 Å². The molecule has 0 unspecified atom stereocenters. The molecular weight excluding hydrogens is 226 g/mol. The van der Waals surface area contributed by atoms with E-state index >= 15 is 0 Å². The van der Waals surface area contributed by atoms with Gasteiger partial charge >= 0.3 is 0 Å². The third kappa shape index (κ3) is 5.71. The predicted octanol–water partition coefficient (Wildman–Crippen LogP) is 2.41. The van der Waals surface area contributed by atoms with Gasteiger partial charge in [0.25, 0.3) is 0 Å². The maximum Gasteiger partial charge on any atom is 0.222 e. The van der Waals surface area contributed by atoms with Crippen LogP contribution in [0.4, 0.5) is 0 Å². The summed E-state index contributed by atoms with van der Waals surface area (Å²) in [4.78, 5) is 13.8. The first-order chi connectivity index (χ1) is 7.71. The third-order valence-electron chi connectivity index (χ3n) is 2.82. The highest BCUT2D eigenvalue weighted by atomic mass is 35.5. The van der Waals surface area contributed by atoms with Crippen LogP contribution in [0.15, 0.2) is 0 Å². The number of carbonyl (C=O) groups is 1. The first-order valence-corrected chi connectivity index (χ1v) is 6.70. The molecule has 96 valence electrons. The zero-order valence-corrected chi connectivity index (χ0v) is 11.2. The smallest absolute Gasteiger partial charge is 0.222 e. The summed E-state index contributed by atoms with van der Waals surface area (Å²) < 4.78 is 0. The molecule has 0 saturated heterocycles. The number of aliphatic hydroxyl groups excluding tert-OH is 1. The number of unbranched alkanes of at least 4 members (excludes halogenated alkanes) is 1. The fourth-order valence-electron chi connectivity index (χ4n) is 1.86. The minimum Gasteiger partial charge on any atom is -0.395 e. The third-order valence-corrected chi connectivity index (χ3v) is 3.09. The highest BCUT2D eigenvalue weighted by molar-refractivity contribution is 6.17. The van der Waals surface area contributed by atoms with E-state index in [1.54, 1.807) is 0 Å². The van der Waals surface area contributed by atoms with Crippen molar-refractivity contribution < 1.29 is 9.90 Å². The summed E-state index contributed by atoms with van der Waals surface area (Å²) in [6.45, 7) is 4.64. The van der Waals surface area contributed by atoms with Crippen molar-refractivity contribution in [2.75, 3.05) is 19.0 Å². The molecule has 0 aliphatic rings. The van der Waals surface area contributed by atoms with Crippen molar-refractivity contribution in [3.63, 3.8) is 0 Å². The van der Waals surface area contributed by atoms with E-state index in [1.807, 2.05) is 4.90 Å². The van der Waals surface area contributed by atoms with Crippen molar-refractivity contribution in [3.05, 3.63) is 0 Å². The maximum atomic E-state index is 11.9. The van der Waals surface area contributed by atoms with Crippen LogP contribution in [0.1, 0.15) is 46.0 Å². The van der Waals surface area contributed by atoms with Crippen LogP contribution in [0.3, 0.4) is 0 Å². The van der Waals surface area contributed by atoms with E-state index in [0.29, 0.717) is 18.8 Å². The zero-order valence-electron chi connectivity index (χ0n) is 10.4. The molecule has 1 N–H and O–H groups in total. The minimum atomic E-state index is 0.0394. The van der Waals surface area contributed by atoms with Gasteiger partial charge in [-0.15, -0.1) is 11.6 Å². The van der Waals surface area contributed by atoms with Crippen molar-refractivity contribution >= 4 is 17.5 Å². The molecule has 0 aromatic carbocycles. The average molecular weight is 250 g/mol. The molecule has 0 bridgehead atoms. The fraction of sp³-hybridized carbons (Fsp3) is 0.917. The molecule has 0 saturated carbocycles. The lowest BCUT2D eigenvalue weighted by Gasteiger charge is -2.30. The summed E-state index contributed by atoms with van der Waals surface area (Å²) >= 11 is 5.58. The van der Waals surface area contributed by atoms with Crippen LogP contribution in [-0.4, -0.2) is 41.0 Å². The fourth-order valence-corrected chi connectivity index (χ4v) is 2.05. The Kier molecular flexibility index (Phi) is 9.74. The molecule has 0 fully saturated rings. The first-order valence-electron chi connectivity index (χ1n) is 6.17. The molecule has 0 aromatic rings. The van der Waals surface area contributed by atoms with Gasteiger partial charge in [-0.05, 0) is 25.7 Å². The van der Waals surface area contributed by atoms with Gasteiger partial charge in [0, 0.05) is 24.9 Å². The van der Waals surface area contributed by atoms with Crippen molar-refractivity contribution in [2.45, 2.75) is 52.0 Å². The Hall–Kier alpha value is -0.280. The molecule has 0 aliphatic carbocycles. The monoisotopic (exact) mass is 249 g/mol. The molecule has 0 rings (SSSR count). The van der Waals surface area contributed by atoms with Crippen LogP contribution >= 0.6 is 11.6 Å². The SMILES string of the molecule is CCC(CC)N(CCO)C(=O)CCCCCl. The summed E-state index contributed by atoms with van der Waals surface area (Å²) in [7, 11) is 0. The molecule has 0 heterocycles. The number of hydrogen-bond acceptors (Lipinski definition) is 2. The summed E-state index contributed by atoms with van der Waals surface area (Å²) in [6, 6.07) is 0.260. The van der Waals surface area contributed by atoms with Crippen LogP contribution in [0.25, 0.3) is 0 Å². The van der Waals surface area contributed by atoms with Crippen molar-refractivity contribution in [2.24, 2.45) is 0 Å². The standard InChI is InChI=1S/C12H24ClNO2/c1-3-11(4-2)14(9-10-15)12(16)7-5-6-8-13/h11,15H,3-10H2,1-2H3. The Bertz CT molecular complexity index is 184. The van der Waals surface area contributed by atoms with Gasteiger partial charge in [-0.2, -0.15) is 0 Å².